The fourth-order valence-electron chi connectivity index (χ4n) is 0.887. The monoisotopic (exact) mass is 358 g/mol. The van der Waals surface area contributed by atoms with Crippen LogP contribution in [0.4, 0.5) is 13.2 Å². The molecule has 23 heavy (non-hydrogen) atoms. The first kappa shape index (κ1) is 23.1. The highest BCUT2D eigenvalue weighted by atomic mass is 32.2. The Morgan fingerprint density at radius 1 is 1.09 bits per heavy atom. The Hall–Kier alpha value is -2.13. The van der Waals surface area contributed by atoms with Crippen molar-refractivity contribution in [1.82, 2.24) is 0 Å². The number of halogens is 3. The molecule has 4 N–H and O–H groups in total. The van der Waals surface area contributed by atoms with Crippen LogP contribution in [0.15, 0.2) is 17.0 Å². The summed E-state index contributed by atoms with van der Waals surface area (Å²) in [6.45, 7) is 0.751. The molecule has 11 heteroatoms. The summed E-state index contributed by atoms with van der Waals surface area (Å²) >= 11 is 0. The smallest absolute Gasteiger partial charge is 0.300 e. The second-order valence-electron chi connectivity index (χ2n) is 3.36. The van der Waals surface area contributed by atoms with E-state index in [-0.39, 0.29) is 25.3 Å². The molecule has 0 heterocycles. The van der Waals surface area contributed by atoms with Gasteiger partial charge in [-0.3, -0.25) is 9.35 Å². The lowest BCUT2D eigenvalue weighted by Crippen LogP contribution is -2.05. The number of aliphatic hydroxyl groups is 2. The summed E-state index contributed by atoms with van der Waals surface area (Å²) in [5.74, 6) is -0.921. The van der Waals surface area contributed by atoms with Crippen LogP contribution in [0.2, 0.25) is 0 Å². The number of rotatable bonds is 1. The van der Waals surface area contributed by atoms with Crippen LogP contribution in [0.3, 0.4) is 0 Å². The maximum absolute atomic E-state index is 12.6. The summed E-state index contributed by atoms with van der Waals surface area (Å²) < 4.78 is 66.4. The van der Waals surface area contributed by atoms with Crippen molar-refractivity contribution >= 4 is 16.1 Å². The summed E-state index contributed by atoms with van der Waals surface area (Å²) in [6.07, 6.45) is 0. The van der Waals surface area contributed by atoms with Crippen molar-refractivity contribution in [2.24, 2.45) is 0 Å². The van der Waals surface area contributed by atoms with Gasteiger partial charge in [0.05, 0.1) is 0 Å². The van der Waals surface area contributed by atoms with E-state index in [4.69, 9.17) is 24.7 Å². The molecule has 0 aliphatic carbocycles. The SMILES string of the molecule is CC(=O)O.O=S(=O)(O)c1c(F)cc(F)cc1F.OCC#CCO. The van der Waals surface area contributed by atoms with E-state index in [0.717, 1.165) is 6.92 Å². The minimum Gasteiger partial charge on any atom is -0.481 e. The zero-order valence-corrected chi connectivity index (χ0v) is 12.4. The maximum Gasteiger partial charge on any atom is 0.300 e. The molecular weight excluding hydrogens is 345 g/mol. The third-order valence-electron chi connectivity index (χ3n) is 1.50. The highest BCUT2D eigenvalue weighted by Gasteiger charge is 2.22. The van der Waals surface area contributed by atoms with Crippen LogP contribution < -0.4 is 0 Å². The summed E-state index contributed by atoms with van der Waals surface area (Å²) in [5.41, 5.74) is 0. The molecule has 0 saturated heterocycles. The van der Waals surface area contributed by atoms with Gasteiger partial charge in [-0.1, -0.05) is 11.8 Å². The largest absolute Gasteiger partial charge is 0.481 e. The molecule has 130 valence electrons. The van der Waals surface area contributed by atoms with E-state index in [1.807, 2.05) is 0 Å². The van der Waals surface area contributed by atoms with Gasteiger partial charge in [-0.05, 0) is 0 Å². The first-order valence-corrected chi connectivity index (χ1v) is 6.90. The standard InChI is InChI=1S/C6H3F3O3S.C4H6O2.C2H4O2/c7-3-1-4(8)6(5(9)2-3)13(10,11)12;5-3-1-2-4-6;1-2(3)4/h1-2H,(H,10,11,12);5-6H,3-4H2;1H3,(H,3,4). The van der Waals surface area contributed by atoms with Gasteiger partial charge in [0, 0.05) is 19.1 Å². The highest BCUT2D eigenvalue weighted by Crippen LogP contribution is 2.19. The molecule has 0 amide bonds. The number of carbonyl (C=O) groups is 1. The summed E-state index contributed by atoms with van der Waals surface area (Å²) in [6, 6.07) is 0.318. The maximum atomic E-state index is 12.6. The van der Waals surface area contributed by atoms with Crippen molar-refractivity contribution in [3.8, 4) is 11.8 Å². The van der Waals surface area contributed by atoms with Crippen molar-refractivity contribution in [3.05, 3.63) is 29.6 Å². The lowest BCUT2D eigenvalue weighted by molar-refractivity contribution is -0.134. The summed E-state index contributed by atoms with van der Waals surface area (Å²) in [4.78, 5) is 7.45. The molecule has 0 radical (unpaired) electrons. The Bertz CT molecular complexity index is 643. The van der Waals surface area contributed by atoms with Gasteiger partial charge in [-0.25, -0.2) is 13.2 Å². The van der Waals surface area contributed by atoms with Crippen LogP contribution in [-0.2, 0) is 14.9 Å². The second-order valence-corrected chi connectivity index (χ2v) is 4.72. The quantitative estimate of drug-likeness (QED) is 0.422. The molecule has 1 aromatic carbocycles. The lowest BCUT2D eigenvalue weighted by atomic mass is 10.3. The van der Waals surface area contributed by atoms with Crippen molar-refractivity contribution in [3.63, 3.8) is 0 Å². The fraction of sp³-hybridized carbons (Fsp3) is 0.250. The summed E-state index contributed by atoms with van der Waals surface area (Å²) in [5, 5.41) is 23.2. The van der Waals surface area contributed by atoms with Gasteiger partial charge >= 0.3 is 0 Å². The van der Waals surface area contributed by atoms with Gasteiger partial charge in [-0.2, -0.15) is 8.42 Å². The second kappa shape index (κ2) is 11.4. The van der Waals surface area contributed by atoms with E-state index in [1.165, 1.54) is 0 Å². The summed E-state index contributed by atoms with van der Waals surface area (Å²) in [7, 11) is -5.00. The third kappa shape index (κ3) is 12.1. The normalized spacial score (nSPS) is 9.35. The van der Waals surface area contributed by atoms with Crippen LogP contribution in [0.5, 0.6) is 0 Å². The Balaban J connectivity index is 0. The Morgan fingerprint density at radius 2 is 1.39 bits per heavy atom. The fourth-order valence-corrected chi connectivity index (χ4v) is 1.50. The average molecular weight is 358 g/mol. The van der Waals surface area contributed by atoms with E-state index in [1.54, 1.807) is 0 Å². The Labute approximate surface area is 129 Å². The van der Waals surface area contributed by atoms with Crippen molar-refractivity contribution in [2.45, 2.75) is 11.8 Å². The van der Waals surface area contributed by atoms with E-state index >= 15 is 0 Å². The molecule has 7 nitrogen and oxygen atoms in total. The van der Waals surface area contributed by atoms with Gasteiger partial charge in [-0.15, -0.1) is 0 Å². The molecule has 0 aliphatic rings. The molecule has 1 aromatic rings. The number of benzene rings is 1. The van der Waals surface area contributed by atoms with Crippen LogP contribution in [-0.4, -0.2) is 47.5 Å². The van der Waals surface area contributed by atoms with Crippen LogP contribution >= 0.6 is 0 Å². The number of hydrogen-bond donors (Lipinski definition) is 4. The molecule has 0 bridgehead atoms. The van der Waals surface area contributed by atoms with Crippen LogP contribution in [0.1, 0.15) is 6.92 Å². The van der Waals surface area contributed by atoms with E-state index < -0.39 is 38.4 Å². The molecule has 0 fully saturated rings. The van der Waals surface area contributed by atoms with Crippen molar-refractivity contribution in [2.75, 3.05) is 13.2 Å². The zero-order chi connectivity index (χ0) is 18.6. The van der Waals surface area contributed by atoms with Gasteiger partial charge in [0.25, 0.3) is 16.1 Å². The molecule has 0 aromatic heterocycles. The Morgan fingerprint density at radius 3 is 1.61 bits per heavy atom. The van der Waals surface area contributed by atoms with Crippen LogP contribution in [0.25, 0.3) is 0 Å². The topological polar surface area (TPSA) is 132 Å². The predicted molar refractivity (Wildman–Crippen MR) is 71.4 cm³/mol. The predicted octanol–water partition coefficient (Wildman–Crippen LogP) is 0.416. The minimum atomic E-state index is -5.00. The molecule has 0 spiro atoms. The number of aliphatic hydroxyl groups excluding tert-OH is 2. The zero-order valence-electron chi connectivity index (χ0n) is 11.6. The molecule has 0 saturated carbocycles. The number of carboxylic acid groups (broad SMARTS) is 1. The first-order valence-electron chi connectivity index (χ1n) is 5.46. The lowest BCUT2D eigenvalue weighted by Gasteiger charge is -2.00. The molecule has 0 atom stereocenters. The van der Waals surface area contributed by atoms with Gasteiger partial charge < -0.3 is 15.3 Å². The first-order chi connectivity index (χ1) is 10.5. The van der Waals surface area contributed by atoms with Gasteiger partial charge in [0.2, 0.25) is 0 Å². The molecule has 1 rings (SSSR count). The minimum absolute atomic E-state index is 0.159. The van der Waals surface area contributed by atoms with Gasteiger partial charge in [0.1, 0.15) is 30.7 Å². The van der Waals surface area contributed by atoms with E-state index in [2.05, 4.69) is 11.8 Å². The molecule has 0 aliphatic heterocycles. The number of carboxylic acids is 1. The van der Waals surface area contributed by atoms with E-state index in [0.29, 0.717) is 0 Å². The third-order valence-corrected chi connectivity index (χ3v) is 2.41. The van der Waals surface area contributed by atoms with Crippen molar-refractivity contribution in [1.29, 1.82) is 0 Å². The average Bonchev–Trinajstić information content (AvgIpc) is 2.33. The molecule has 0 unspecified atom stereocenters. The number of hydrogen-bond acceptors (Lipinski definition) is 5. The van der Waals surface area contributed by atoms with Crippen LogP contribution in [0, 0.1) is 29.3 Å². The van der Waals surface area contributed by atoms with Gasteiger partial charge in [0.15, 0.2) is 4.90 Å². The Kier molecular flexibility index (Phi) is 11.5. The molecular formula is C12H13F3O7S. The van der Waals surface area contributed by atoms with E-state index in [9.17, 15) is 21.6 Å². The highest BCUT2D eigenvalue weighted by molar-refractivity contribution is 7.85. The number of aliphatic carboxylic acids is 1. The van der Waals surface area contributed by atoms with Crippen molar-refractivity contribution < 1.29 is 46.3 Å².